The Kier molecular flexibility index (Phi) is 7.41. The number of alkyl halides is 5. The predicted octanol–water partition coefficient (Wildman–Crippen LogP) is 4.63. The molecule has 0 aliphatic heterocycles. The van der Waals surface area contributed by atoms with Crippen molar-refractivity contribution >= 4 is 7.82 Å². The first-order valence-corrected chi connectivity index (χ1v) is 13.7. The molecule has 3 aliphatic carbocycles. The summed E-state index contributed by atoms with van der Waals surface area (Å²) in [6, 6.07) is 7.37. The highest BCUT2D eigenvalue weighted by Gasteiger charge is 2.82. The Hall–Kier alpha value is -3.11. The number of nitrogens with zero attached hydrogens (tertiary/aromatic N) is 4. The number of aromatic nitrogens is 4. The molecule has 42 heavy (non-hydrogen) atoms. The average molecular weight is 626 g/mol. The van der Waals surface area contributed by atoms with Crippen LogP contribution in [0.3, 0.4) is 0 Å². The van der Waals surface area contributed by atoms with Gasteiger partial charge in [0.05, 0.1) is 6.54 Å². The van der Waals surface area contributed by atoms with Crippen LogP contribution in [0.25, 0.3) is 0 Å². The smallest absolute Gasteiger partial charge is 0.471 e. The molecule has 228 valence electrons. The SMILES string of the molecule is O=P(O)(O)OCO[C@@](Cn1cnnn1)(c1ccc(F)cc1F)C(F)(F)C12CC(c3ccc(OCC(F)(F)F)cc3)(C1)C2. The number of hydrogen-bond donors (Lipinski definition) is 2. The van der Waals surface area contributed by atoms with Gasteiger partial charge < -0.3 is 19.3 Å². The minimum atomic E-state index is -5.22. The van der Waals surface area contributed by atoms with Crippen LogP contribution in [-0.4, -0.2) is 55.5 Å². The molecule has 1 aromatic heterocycles. The Labute approximate surface area is 232 Å². The number of tetrazole rings is 1. The maximum Gasteiger partial charge on any atom is 0.471 e. The van der Waals surface area contributed by atoms with Gasteiger partial charge >= 0.3 is 14.0 Å². The molecule has 2 aromatic carbocycles. The van der Waals surface area contributed by atoms with E-state index in [0.29, 0.717) is 11.6 Å². The second kappa shape index (κ2) is 10.3. The normalized spacial score (nSPS) is 23.5. The van der Waals surface area contributed by atoms with Crippen molar-refractivity contribution in [1.82, 2.24) is 20.2 Å². The lowest BCUT2D eigenvalue weighted by molar-refractivity contribution is -0.363. The molecule has 0 saturated heterocycles. The van der Waals surface area contributed by atoms with Gasteiger partial charge in [0.2, 0.25) is 0 Å². The van der Waals surface area contributed by atoms with Gasteiger partial charge in [0.1, 0.15) is 23.7 Å². The van der Waals surface area contributed by atoms with Gasteiger partial charge in [-0.25, -0.2) is 26.8 Å². The molecule has 6 rings (SSSR count). The van der Waals surface area contributed by atoms with E-state index < -0.39 is 73.5 Å². The van der Waals surface area contributed by atoms with Crippen molar-refractivity contribution in [3.63, 3.8) is 0 Å². The van der Waals surface area contributed by atoms with Crippen LogP contribution in [-0.2, 0) is 31.4 Å². The number of phosphoric acid groups is 1. The van der Waals surface area contributed by atoms with Gasteiger partial charge in [-0.15, -0.1) is 5.10 Å². The molecule has 2 N–H and O–H groups in total. The Morgan fingerprint density at radius 2 is 1.67 bits per heavy atom. The summed E-state index contributed by atoms with van der Waals surface area (Å²) in [5.74, 6) is -6.56. The molecule has 1 heterocycles. The summed E-state index contributed by atoms with van der Waals surface area (Å²) in [7, 11) is -5.22. The summed E-state index contributed by atoms with van der Waals surface area (Å²) >= 11 is 0. The van der Waals surface area contributed by atoms with E-state index in [9.17, 15) is 22.1 Å². The highest BCUT2D eigenvalue weighted by Crippen LogP contribution is 2.80. The van der Waals surface area contributed by atoms with E-state index in [4.69, 9.17) is 19.3 Å². The van der Waals surface area contributed by atoms with E-state index in [0.717, 1.165) is 23.1 Å². The molecule has 2 bridgehead atoms. The third kappa shape index (κ3) is 5.39. The van der Waals surface area contributed by atoms with Crippen molar-refractivity contribution < 1.29 is 59.1 Å². The lowest BCUT2D eigenvalue weighted by Crippen LogP contribution is -2.76. The zero-order valence-electron chi connectivity index (χ0n) is 21.3. The highest BCUT2D eigenvalue weighted by atomic mass is 31.2. The molecule has 1 atom stereocenters. The standard InChI is InChI=1S/C24H22F7N4O6P/c25-16-3-6-18(19(26)7-16)22(11-35-13-32-33-34-35,40-14-41-42(36,37)38)24(30,31)21-8-20(9-21,10-21)15-1-4-17(5-2-15)39-12-23(27,28)29/h1-7,13H,8-12,14H2,(H2,36,37,38)/t20?,21?,22-/m0/s1. The summed E-state index contributed by atoms with van der Waals surface area (Å²) in [5.41, 5.74) is -5.89. The van der Waals surface area contributed by atoms with Gasteiger partial charge in [-0.1, -0.05) is 12.1 Å². The van der Waals surface area contributed by atoms with Crippen LogP contribution in [0, 0.1) is 17.0 Å². The first-order chi connectivity index (χ1) is 19.5. The van der Waals surface area contributed by atoms with Crippen molar-refractivity contribution in [2.45, 2.75) is 48.9 Å². The molecular weight excluding hydrogens is 604 g/mol. The zero-order valence-corrected chi connectivity index (χ0v) is 22.2. The summed E-state index contributed by atoms with van der Waals surface area (Å²) in [6.07, 6.45) is -4.07. The van der Waals surface area contributed by atoms with Gasteiger partial charge in [-0.2, -0.15) is 13.2 Å². The third-order valence-electron chi connectivity index (χ3n) is 7.74. The first kappa shape index (κ1) is 30.4. The number of benzene rings is 2. The molecule has 3 aromatic rings. The molecule has 18 heteroatoms. The van der Waals surface area contributed by atoms with E-state index in [1.54, 1.807) is 0 Å². The van der Waals surface area contributed by atoms with Crippen molar-refractivity contribution in [3.8, 4) is 5.75 Å². The fourth-order valence-corrected chi connectivity index (χ4v) is 6.18. The lowest BCUT2D eigenvalue weighted by atomic mass is 9.30. The van der Waals surface area contributed by atoms with Crippen molar-refractivity contribution in [1.29, 1.82) is 0 Å². The molecule has 0 amide bonds. The van der Waals surface area contributed by atoms with E-state index in [1.165, 1.54) is 24.3 Å². The summed E-state index contributed by atoms with van der Waals surface area (Å²) in [6.45, 7) is -3.86. The molecule has 0 radical (unpaired) electrons. The maximum atomic E-state index is 16.9. The van der Waals surface area contributed by atoms with E-state index in [-0.39, 0.29) is 25.0 Å². The van der Waals surface area contributed by atoms with Crippen LogP contribution >= 0.6 is 7.82 Å². The van der Waals surface area contributed by atoms with Gasteiger partial charge in [0, 0.05) is 17.0 Å². The van der Waals surface area contributed by atoms with Crippen LogP contribution in [0.5, 0.6) is 5.75 Å². The Bertz CT molecular complexity index is 1470. The van der Waals surface area contributed by atoms with Crippen molar-refractivity contribution in [2.75, 3.05) is 13.4 Å². The Balaban J connectivity index is 1.47. The second-order valence-corrected chi connectivity index (χ2v) is 11.7. The molecule has 3 aliphatic rings. The predicted molar refractivity (Wildman–Crippen MR) is 126 cm³/mol. The minimum Gasteiger partial charge on any atom is -0.484 e. The second-order valence-electron chi connectivity index (χ2n) is 10.4. The number of rotatable bonds is 12. The molecular formula is C24H22F7N4O6P. The summed E-state index contributed by atoms with van der Waals surface area (Å²) < 4.78 is 127. The van der Waals surface area contributed by atoms with Crippen LogP contribution in [0.15, 0.2) is 48.8 Å². The maximum absolute atomic E-state index is 16.9. The largest absolute Gasteiger partial charge is 0.484 e. The molecule has 0 unspecified atom stereocenters. The van der Waals surface area contributed by atoms with E-state index >= 15 is 13.2 Å². The third-order valence-corrected chi connectivity index (χ3v) is 8.18. The highest BCUT2D eigenvalue weighted by molar-refractivity contribution is 7.46. The van der Waals surface area contributed by atoms with Gasteiger partial charge in [-0.3, -0.25) is 4.52 Å². The average Bonchev–Trinajstić information content (AvgIpc) is 3.33. The fraction of sp³-hybridized carbons (Fsp3) is 0.458. The van der Waals surface area contributed by atoms with Crippen LogP contribution < -0.4 is 4.74 Å². The zero-order chi connectivity index (χ0) is 30.6. The van der Waals surface area contributed by atoms with Crippen LogP contribution in [0.1, 0.15) is 30.4 Å². The monoisotopic (exact) mass is 626 g/mol. The van der Waals surface area contributed by atoms with Crippen molar-refractivity contribution in [2.24, 2.45) is 5.41 Å². The molecule has 10 nitrogen and oxygen atoms in total. The summed E-state index contributed by atoms with van der Waals surface area (Å²) in [5, 5.41) is 10.3. The Morgan fingerprint density at radius 1 is 1.00 bits per heavy atom. The fourth-order valence-electron chi connectivity index (χ4n) is 5.99. The molecule has 0 spiro atoms. The topological polar surface area (TPSA) is 129 Å². The van der Waals surface area contributed by atoms with Gasteiger partial charge in [-0.05, 0) is 64.9 Å². The van der Waals surface area contributed by atoms with Gasteiger partial charge in [0.15, 0.2) is 19.0 Å². The summed E-state index contributed by atoms with van der Waals surface area (Å²) in [4.78, 5) is 18.2. The quantitative estimate of drug-likeness (QED) is 0.168. The lowest BCUT2D eigenvalue weighted by Gasteiger charge is -2.74. The minimum absolute atomic E-state index is 0.0617. The molecule has 3 fully saturated rings. The molecule has 3 saturated carbocycles. The van der Waals surface area contributed by atoms with E-state index in [2.05, 4.69) is 20.0 Å². The number of hydrogen-bond acceptors (Lipinski definition) is 7. The van der Waals surface area contributed by atoms with Gasteiger partial charge in [0.25, 0.3) is 5.92 Å². The first-order valence-electron chi connectivity index (χ1n) is 12.2. The number of halogens is 7. The Morgan fingerprint density at radius 3 is 2.21 bits per heavy atom. The van der Waals surface area contributed by atoms with Crippen LogP contribution in [0.2, 0.25) is 0 Å². The number of phosphoric ester groups is 1. The van der Waals surface area contributed by atoms with Crippen LogP contribution in [0.4, 0.5) is 30.7 Å². The number of ether oxygens (including phenoxy) is 2. The van der Waals surface area contributed by atoms with Crippen molar-refractivity contribution in [3.05, 3.63) is 71.6 Å². The van der Waals surface area contributed by atoms with E-state index in [1.807, 2.05) is 0 Å².